The number of H-pyrrole nitrogens is 1. The third-order valence-electron chi connectivity index (χ3n) is 3.26. The maximum atomic E-state index is 11.9. The topological polar surface area (TPSA) is 86.3 Å². The van der Waals surface area contributed by atoms with Crippen LogP contribution in [-0.2, 0) is 9.59 Å². The minimum atomic E-state index is -0.302. The van der Waals surface area contributed by atoms with Crippen molar-refractivity contribution in [1.29, 1.82) is 0 Å². The fourth-order valence-electron chi connectivity index (χ4n) is 1.96. The van der Waals surface area contributed by atoms with Gasteiger partial charge in [-0.3, -0.25) is 9.59 Å². The molecule has 2 amide bonds. The number of carbonyl (C=O) groups excluding carboxylic acids is 2. The summed E-state index contributed by atoms with van der Waals surface area (Å²) in [4.78, 5) is 26.5. The molecule has 0 aliphatic heterocycles. The molecule has 0 saturated carbocycles. The van der Waals surface area contributed by atoms with Gasteiger partial charge in [-0.05, 0) is 43.2 Å². The van der Waals surface area contributed by atoms with Crippen LogP contribution in [0.2, 0.25) is 0 Å². The molecule has 23 heavy (non-hydrogen) atoms. The van der Waals surface area contributed by atoms with Gasteiger partial charge in [0.1, 0.15) is 0 Å². The van der Waals surface area contributed by atoms with Gasteiger partial charge >= 0.3 is 0 Å². The number of benzene rings is 1. The van der Waals surface area contributed by atoms with Crippen LogP contribution in [0, 0.1) is 13.8 Å². The van der Waals surface area contributed by atoms with E-state index >= 15 is 0 Å². The molecule has 0 aliphatic rings. The summed E-state index contributed by atoms with van der Waals surface area (Å²) in [5.74, 6) is -0.494. The molecule has 2 aromatic rings. The average Bonchev–Trinajstić information content (AvgIpc) is 3.02. The van der Waals surface area contributed by atoms with Crippen molar-refractivity contribution in [1.82, 2.24) is 10.4 Å². The van der Waals surface area contributed by atoms with E-state index in [0.717, 1.165) is 22.5 Å². The zero-order valence-corrected chi connectivity index (χ0v) is 13.2. The lowest BCUT2D eigenvalue weighted by atomic mass is 10.1. The summed E-state index contributed by atoms with van der Waals surface area (Å²) in [5, 5.41) is 6.64. The van der Waals surface area contributed by atoms with Gasteiger partial charge in [-0.2, -0.15) is 5.10 Å². The first-order valence-electron chi connectivity index (χ1n) is 7.37. The molecular formula is C17H20N4O2. The number of nitrogens with one attached hydrogen (secondary N) is 3. The molecular weight excluding hydrogens is 292 g/mol. The van der Waals surface area contributed by atoms with E-state index in [4.69, 9.17) is 0 Å². The lowest BCUT2D eigenvalue weighted by Gasteiger charge is -2.09. The molecule has 0 fully saturated rings. The number of anilines is 1. The van der Waals surface area contributed by atoms with Crippen LogP contribution in [-0.4, -0.2) is 23.0 Å². The van der Waals surface area contributed by atoms with E-state index in [9.17, 15) is 9.59 Å². The molecule has 0 aliphatic carbocycles. The Morgan fingerprint density at radius 3 is 2.70 bits per heavy atom. The van der Waals surface area contributed by atoms with Crippen molar-refractivity contribution in [2.45, 2.75) is 26.7 Å². The molecule has 0 radical (unpaired) electrons. The number of hydrazone groups is 1. The van der Waals surface area contributed by atoms with Gasteiger partial charge in [0.25, 0.3) is 0 Å². The van der Waals surface area contributed by atoms with Crippen molar-refractivity contribution in [2.75, 3.05) is 5.32 Å². The minimum absolute atomic E-state index is 0.0821. The van der Waals surface area contributed by atoms with Crippen LogP contribution < -0.4 is 10.7 Å². The van der Waals surface area contributed by atoms with E-state index < -0.39 is 0 Å². The summed E-state index contributed by atoms with van der Waals surface area (Å²) in [7, 11) is 0. The van der Waals surface area contributed by atoms with Crippen molar-refractivity contribution in [2.24, 2.45) is 5.10 Å². The Balaban J connectivity index is 1.75. The molecule has 0 spiro atoms. The summed E-state index contributed by atoms with van der Waals surface area (Å²) in [6.07, 6.45) is 3.46. The van der Waals surface area contributed by atoms with E-state index in [2.05, 4.69) is 20.8 Å². The first-order chi connectivity index (χ1) is 11.0. The monoisotopic (exact) mass is 312 g/mol. The van der Waals surface area contributed by atoms with Crippen molar-refractivity contribution >= 4 is 23.7 Å². The molecule has 0 bridgehead atoms. The van der Waals surface area contributed by atoms with Crippen molar-refractivity contribution in [3.63, 3.8) is 0 Å². The van der Waals surface area contributed by atoms with Crippen molar-refractivity contribution < 1.29 is 9.59 Å². The Morgan fingerprint density at radius 1 is 1.17 bits per heavy atom. The fraction of sp³-hybridized carbons (Fsp3) is 0.235. The largest absolute Gasteiger partial charge is 0.360 e. The predicted octanol–water partition coefficient (Wildman–Crippen LogP) is 2.50. The molecule has 1 aromatic heterocycles. The van der Waals surface area contributed by atoms with E-state index in [0.29, 0.717) is 0 Å². The fourth-order valence-corrected chi connectivity index (χ4v) is 1.96. The lowest BCUT2D eigenvalue weighted by molar-refractivity contribution is -0.124. The molecule has 3 N–H and O–H groups in total. The maximum absolute atomic E-state index is 11.9. The van der Waals surface area contributed by atoms with Crippen LogP contribution in [0.15, 0.2) is 41.6 Å². The van der Waals surface area contributed by atoms with Crippen LogP contribution in [0.4, 0.5) is 5.69 Å². The summed E-state index contributed by atoms with van der Waals surface area (Å²) in [6.45, 7) is 3.89. The predicted molar refractivity (Wildman–Crippen MR) is 90.3 cm³/mol. The van der Waals surface area contributed by atoms with E-state index in [1.165, 1.54) is 6.21 Å². The number of hydrogen-bond donors (Lipinski definition) is 3. The first kappa shape index (κ1) is 16.5. The summed E-state index contributed by atoms with van der Waals surface area (Å²) in [6, 6.07) is 9.51. The smallest absolute Gasteiger partial charge is 0.240 e. The maximum Gasteiger partial charge on any atom is 0.240 e. The van der Waals surface area contributed by atoms with Crippen molar-refractivity contribution in [3.8, 4) is 0 Å². The lowest BCUT2D eigenvalue weighted by Crippen LogP contribution is -2.21. The number of rotatable bonds is 6. The Kier molecular flexibility index (Phi) is 5.68. The molecule has 1 heterocycles. The molecule has 0 unspecified atom stereocenters. The number of aryl methyl sites for hydroxylation is 2. The van der Waals surface area contributed by atoms with Gasteiger partial charge in [-0.25, -0.2) is 5.43 Å². The standard InChI is InChI=1S/C17H20N4O2/c1-12-5-6-13(2)15(10-12)20-16(22)7-8-17(23)21-19-11-14-4-3-9-18-14/h3-6,9-11,18H,7-8H2,1-2H3,(H,20,22)(H,21,23). The number of aromatic amines is 1. The third-order valence-corrected chi connectivity index (χ3v) is 3.26. The van der Waals surface area contributed by atoms with Gasteiger partial charge in [0.2, 0.25) is 11.8 Å². The highest BCUT2D eigenvalue weighted by atomic mass is 16.2. The highest BCUT2D eigenvalue weighted by molar-refractivity contribution is 5.94. The van der Waals surface area contributed by atoms with Gasteiger partial charge in [-0.15, -0.1) is 0 Å². The second kappa shape index (κ2) is 7.93. The quantitative estimate of drug-likeness (QED) is 0.565. The van der Waals surface area contributed by atoms with Gasteiger partial charge < -0.3 is 10.3 Å². The summed E-state index contributed by atoms with van der Waals surface area (Å²) in [5.41, 5.74) is 6.02. The Bertz CT molecular complexity index is 705. The van der Waals surface area contributed by atoms with E-state index in [-0.39, 0.29) is 24.7 Å². The number of amides is 2. The highest BCUT2D eigenvalue weighted by Crippen LogP contribution is 2.16. The summed E-state index contributed by atoms with van der Waals surface area (Å²) >= 11 is 0. The molecule has 2 rings (SSSR count). The Labute approximate surface area is 135 Å². The van der Waals surface area contributed by atoms with Crippen LogP contribution in [0.25, 0.3) is 0 Å². The van der Waals surface area contributed by atoms with E-state index in [1.54, 1.807) is 6.20 Å². The van der Waals surface area contributed by atoms with Crippen LogP contribution in [0.1, 0.15) is 29.7 Å². The van der Waals surface area contributed by atoms with E-state index in [1.807, 2.05) is 44.2 Å². The molecule has 120 valence electrons. The van der Waals surface area contributed by atoms with Gasteiger partial charge in [0.05, 0.1) is 11.9 Å². The average molecular weight is 312 g/mol. The van der Waals surface area contributed by atoms with Crippen molar-refractivity contribution in [3.05, 3.63) is 53.3 Å². The Hall–Kier alpha value is -2.89. The van der Waals surface area contributed by atoms with Crippen LogP contribution in [0.3, 0.4) is 0 Å². The zero-order chi connectivity index (χ0) is 16.7. The SMILES string of the molecule is Cc1ccc(C)c(NC(=O)CCC(=O)NN=Cc2ccc[nH]2)c1. The number of nitrogens with zero attached hydrogens (tertiary/aromatic N) is 1. The first-order valence-corrected chi connectivity index (χ1v) is 7.37. The molecule has 6 heteroatoms. The Morgan fingerprint density at radius 2 is 1.96 bits per heavy atom. The zero-order valence-electron chi connectivity index (χ0n) is 13.2. The second-order valence-corrected chi connectivity index (χ2v) is 5.29. The normalized spacial score (nSPS) is 10.7. The third kappa shape index (κ3) is 5.43. The van der Waals surface area contributed by atoms with Gasteiger partial charge in [0.15, 0.2) is 0 Å². The van der Waals surface area contributed by atoms with Crippen LogP contribution >= 0.6 is 0 Å². The number of hydrogen-bond acceptors (Lipinski definition) is 3. The van der Waals surface area contributed by atoms with Gasteiger partial charge in [-0.1, -0.05) is 12.1 Å². The minimum Gasteiger partial charge on any atom is -0.360 e. The molecule has 6 nitrogen and oxygen atoms in total. The number of carbonyl (C=O) groups is 2. The number of aromatic nitrogens is 1. The highest BCUT2D eigenvalue weighted by Gasteiger charge is 2.08. The summed E-state index contributed by atoms with van der Waals surface area (Å²) < 4.78 is 0. The molecule has 0 atom stereocenters. The van der Waals surface area contributed by atoms with Gasteiger partial charge in [0, 0.05) is 24.7 Å². The molecule has 1 aromatic carbocycles. The van der Waals surface area contributed by atoms with Crippen LogP contribution in [0.5, 0.6) is 0 Å². The second-order valence-electron chi connectivity index (χ2n) is 5.29. The molecule has 0 saturated heterocycles.